The minimum atomic E-state index is 0.0796. The van der Waals surface area contributed by atoms with Crippen LogP contribution in [0, 0.1) is 6.92 Å². The van der Waals surface area contributed by atoms with Crippen molar-refractivity contribution in [3.8, 4) is 0 Å². The molecule has 0 bridgehead atoms. The third-order valence-electron chi connectivity index (χ3n) is 5.25. The van der Waals surface area contributed by atoms with E-state index in [1.54, 1.807) is 0 Å². The van der Waals surface area contributed by atoms with E-state index in [0.29, 0.717) is 0 Å². The fourth-order valence-electron chi connectivity index (χ4n) is 3.95. The van der Waals surface area contributed by atoms with Gasteiger partial charge >= 0.3 is 0 Å². The molecule has 0 aliphatic heterocycles. The van der Waals surface area contributed by atoms with Gasteiger partial charge in [-0.15, -0.1) is 0 Å². The van der Waals surface area contributed by atoms with Gasteiger partial charge in [0.15, 0.2) is 0 Å². The maximum Gasteiger partial charge on any atom is 0.136 e. The maximum atomic E-state index is 2.38. The van der Waals surface area contributed by atoms with Gasteiger partial charge in [-0.25, -0.2) is 0 Å². The number of hydrogen-bond acceptors (Lipinski definition) is 0. The van der Waals surface area contributed by atoms with Gasteiger partial charge in [0.1, 0.15) is 6.17 Å². The number of para-hydroxylation sites is 2. The second-order valence-corrected chi connectivity index (χ2v) is 6.79. The third kappa shape index (κ3) is 2.26. The molecule has 0 N–H and O–H groups in total. The van der Waals surface area contributed by atoms with Crippen LogP contribution in [0.15, 0.2) is 97.3 Å². The lowest BCUT2D eigenvalue weighted by molar-refractivity contribution is 0.531. The summed E-state index contributed by atoms with van der Waals surface area (Å²) in [6, 6.07) is 30.2. The maximum absolute atomic E-state index is 2.38. The topological polar surface area (TPSA) is 9.86 Å². The van der Waals surface area contributed by atoms with Crippen LogP contribution in [0.3, 0.4) is 0 Å². The lowest BCUT2D eigenvalue weighted by Gasteiger charge is -2.25. The number of hydrogen-bond donors (Lipinski definition) is 0. The molecule has 0 aliphatic carbocycles. The van der Waals surface area contributed by atoms with Crippen molar-refractivity contribution in [2.75, 3.05) is 0 Å². The number of fused-ring (bicyclic) bond motifs is 2. The molecule has 2 nitrogen and oxygen atoms in total. The zero-order valence-corrected chi connectivity index (χ0v) is 14.7. The molecule has 2 aromatic heterocycles. The molecule has 0 amide bonds. The third-order valence-corrected chi connectivity index (χ3v) is 5.25. The van der Waals surface area contributed by atoms with Gasteiger partial charge in [0.25, 0.3) is 0 Å². The molecule has 0 unspecified atom stereocenters. The quantitative estimate of drug-likeness (QED) is 0.382. The van der Waals surface area contributed by atoms with Crippen molar-refractivity contribution in [2.24, 2.45) is 0 Å². The molecule has 2 heteroatoms. The Bertz CT molecular complexity index is 1140. The van der Waals surface area contributed by atoms with Crippen molar-refractivity contribution >= 4 is 21.8 Å². The zero-order chi connectivity index (χ0) is 17.5. The SMILES string of the molecule is Cc1ccccc1C(n1ccc2ccccc21)n1ccc2ccccc21. The summed E-state index contributed by atoms with van der Waals surface area (Å²) < 4.78 is 4.76. The summed E-state index contributed by atoms with van der Waals surface area (Å²) in [7, 11) is 0. The summed E-state index contributed by atoms with van der Waals surface area (Å²) in [5.74, 6) is 0. The van der Waals surface area contributed by atoms with E-state index in [-0.39, 0.29) is 6.17 Å². The monoisotopic (exact) mass is 336 g/mol. The highest BCUT2D eigenvalue weighted by Crippen LogP contribution is 2.31. The molecule has 0 radical (unpaired) electrons. The van der Waals surface area contributed by atoms with Crippen LogP contribution in [0.5, 0.6) is 0 Å². The highest BCUT2D eigenvalue weighted by Gasteiger charge is 2.20. The van der Waals surface area contributed by atoms with Crippen LogP contribution in [0.1, 0.15) is 17.3 Å². The van der Waals surface area contributed by atoms with Gasteiger partial charge in [-0.05, 0) is 53.1 Å². The summed E-state index contributed by atoms with van der Waals surface area (Å²) in [4.78, 5) is 0. The first kappa shape index (κ1) is 15.0. The van der Waals surface area contributed by atoms with Crippen LogP contribution in [-0.4, -0.2) is 9.13 Å². The Hall–Kier alpha value is -3.26. The number of rotatable bonds is 3. The van der Waals surface area contributed by atoms with E-state index >= 15 is 0 Å². The minimum absolute atomic E-state index is 0.0796. The minimum Gasteiger partial charge on any atom is -0.322 e. The lowest BCUT2D eigenvalue weighted by atomic mass is 10.1. The van der Waals surface area contributed by atoms with Crippen molar-refractivity contribution in [1.82, 2.24) is 9.13 Å². The Kier molecular flexibility index (Phi) is 3.42. The summed E-state index contributed by atoms with van der Waals surface area (Å²) in [5.41, 5.74) is 5.11. The van der Waals surface area contributed by atoms with Gasteiger partial charge in [-0.2, -0.15) is 0 Å². The van der Waals surface area contributed by atoms with Crippen molar-refractivity contribution < 1.29 is 0 Å². The molecule has 2 heterocycles. The van der Waals surface area contributed by atoms with Crippen molar-refractivity contribution in [2.45, 2.75) is 13.1 Å². The first-order valence-electron chi connectivity index (χ1n) is 8.99. The second kappa shape index (κ2) is 5.92. The predicted molar refractivity (Wildman–Crippen MR) is 109 cm³/mol. The molecule has 0 saturated heterocycles. The Balaban J connectivity index is 1.83. The molecule has 0 aliphatic rings. The summed E-state index contributed by atoms with van der Waals surface area (Å²) in [5, 5.41) is 2.53. The van der Waals surface area contributed by atoms with Crippen molar-refractivity contribution in [1.29, 1.82) is 0 Å². The first-order valence-corrected chi connectivity index (χ1v) is 8.99. The molecule has 0 saturated carbocycles. The largest absolute Gasteiger partial charge is 0.322 e. The summed E-state index contributed by atoms with van der Waals surface area (Å²) in [6.45, 7) is 2.19. The van der Waals surface area contributed by atoms with Crippen molar-refractivity contribution in [3.63, 3.8) is 0 Å². The molecular weight excluding hydrogens is 316 g/mol. The molecule has 26 heavy (non-hydrogen) atoms. The van der Waals surface area contributed by atoms with E-state index in [9.17, 15) is 0 Å². The molecule has 3 aromatic carbocycles. The number of nitrogens with zero attached hydrogens (tertiary/aromatic N) is 2. The Morgan fingerprint density at radius 2 is 1.08 bits per heavy atom. The fraction of sp³-hybridized carbons (Fsp3) is 0.0833. The first-order chi connectivity index (χ1) is 12.8. The molecule has 0 spiro atoms. The van der Waals surface area contributed by atoms with E-state index in [4.69, 9.17) is 0 Å². The van der Waals surface area contributed by atoms with Gasteiger partial charge in [0, 0.05) is 12.4 Å². The lowest BCUT2D eigenvalue weighted by Crippen LogP contribution is -2.19. The number of aryl methyl sites for hydroxylation is 1. The molecule has 0 atom stereocenters. The van der Waals surface area contributed by atoms with Crippen LogP contribution < -0.4 is 0 Å². The highest BCUT2D eigenvalue weighted by atomic mass is 15.2. The van der Waals surface area contributed by atoms with Crippen molar-refractivity contribution in [3.05, 3.63) is 108 Å². The van der Waals surface area contributed by atoms with Gasteiger partial charge in [-0.3, -0.25) is 0 Å². The zero-order valence-electron chi connectivity index (χ0n) is 14.7. The smallest absolute Gasteiger partial charge is 0.136 e. The molecule has 0 fully saturated rings. The summed E-state index contributed by atoms with van der Waals surface area (Å²) >= 11 is 0. The van der Waals surface area contributed by atoms with Crippen LogP contribution in [0.2, 0.25) is 0 Å². The molecule has 5 rings (SSSR count). The summed E-state index contributed by atoms with van der Waals surface area (Å²) in [6.07, 6.45) is 4.49. The van der Waals surface area contributed by atoms with E-state index in [1.165, 1.54) is 32.9 Å². The fourth-order valence-corrected chi connectivity index (χ4v) is 3.95. The number of benzene rings is 3. The van der Waals surface area contributed by atoms with E-state index in [0.717, 1.165) is 0 Å². The van der Waals surface area contributed by atoms with E-state index in [1.807, 2.05) is 0 Å². The van der Waals surface area contributed by atoms with Crippen LogP contribution >= 0.6 is 0 Å². The predicted octanol–water partition coefficient (Wildman–Crippen LogP) is 6.00. The van der Waals surface area contributed by atoms with Crippen LogP contribution in [0.4, 0.5) is 0 Å². The number of aromatic nitrogens is 2. The van der Waals surface area contributed by atoms with Crippen LogP contribution in [-0.2, 0) is 0 Å². The average Bonchev–Trinajstić information content (AvgIpc) is 3.29. The Labute approximate surface area is 152 Å². The normalized spacial score (nSPS) is 11.6. The Morgan fingerprint density at radius 3 is 1.65 bits per heavy atom. The van der Waals surface area contributed by atoms with Crippen LogP contribution in [0.25, 0.3) is 21.8 Å². The standard InChI is InChI=1S/C24H20N2/c1-18-8-2-5-11-21(18)24(25-16-14-19-9-3-6-12-22(19)25)26-17-15-20-10-4-7-13-23(20)26/h2-17,24H,1H3. The van der Waals surface area contributed by atoms with Gasteiger partial charge in [0.05, 0.1) is 11.0 Å². The molecule has 5 aromatic rings. The Morgan fingerprint density at radius 1 is 0.577 bits per heavy atom. The van der Waals surface area contributed by atoms with Gasteiger partial charge in [-0.1, -0.05) is 60.7 Å². The second-order valence-electron chi connectivity index (χ2n) is 6.79. The molecule has 126 valence electrons. The molecular formula is C24H20N2. The average molecular weight is 336 g/mol. The van der Waals surface area contributed by atoms with E-state index in [2.05, 4.69) is 113 Å². The van der Waals surface area contributed by atoms with Gasteiger partial charge < -0.3 is 9.13 Å². The van der Waals surface area contributed by atoms with E-state index < -0.39 is 0 Å². The highest BCUT2D eigenvalue weighted by molar-refractivity contribution is 5.82. The van der Waals surface area contributed by atoms with Gasteiger partial charge in [0.2, 0.25) is 0 Å².